The first-order valence-electron chi connectivity index (χ1n) is 6.36. The van der Waals surface area contributed by atoms with Crippen molar-refractivity contribution in [2.75, 3.05) is 13.6 Å². The zero-order valence-corrected chi connectivity index (χ0v) is 11.2. The number of β-amino-alcohol motifs (C(OH)–C–C–N with tert-alkyl or cyclic N) is 1. The number of carboxylic acid groups (broad SMARTS) is 1. The monoisotopic (exact) mass is 258 g/mol. The minimum atomic E-state index is -1.06. The molecule has 0 bridgehead atoms. The first-order valence-corrected chi connectivity index (χ1v) is 6.36. The lowest BCUT2D eigenvalue weighted by Gasteiger charge is -2.32. The molecule has 104 valence electrons. The Morgan fingerprint density at radius 2 is 1.94 bits per heavy atom. The number of carbonyl (C=O) groups is 2. The number of urea groups is 1. The summed E-state index contributed by atoms with van der Waals surface area (Å²) in [5, 5.41) is 18.6. The molecule has 6 heteroatoms. The van der Waals surface area contributed by atoms with Crippen molar-refractivity contribution in [1.82, 2.24) is 9.80 Å². The average molecular weight is 258 g/mol. The van der Waals surface area contributed by atoms with Gasteiger partial charge in [-0.1, -0.05) is 13.8 Å². The molecule has 2 amide bonds. The van der Waals surface area contributed by atoms with Crippen molar-refractivity contribution >= 4 is 12.0 Å². The lowest BCUT2D eigenvalue weighted by Crippen LogP contribution is -2.49. The van der Waals surface area contributed by atoms with Gasteiger partial charge in [-0.3, -0.25) is 0 Å². The SMILES string of the molecule is CCC(CC)N(C)C(=O)N1CC(O)C[C@H]1C(=O)O. The smallest absolute Gasteiger partial charge is 0.326 e. The van der Waals surface area contributed by atoms with Crippen molar-refractivity contribution in [3.8, 4) is 0 Å². The fraction of sp³-hybridized carbons (Fsp3) is 0.833. The lowest BCUT2D eigenvalue weighted by atomic mass is 10.1. The Bertz CT molecular complexity index is 317. The molecule has 0 aromatic heterocycles. The van der Waals surface area contributed by atoms with Gasteiger partial charge < -0.3 is 20.0 Å². The quantitative estimate of drug-likeness (QED) is 0.779. The van der Waals surface area contributed by atoms with Crippen LogP contribution in [0.15, 0.2) is 0 Å². The molecule has 1 unspecified atom stereocenters. The number of aliphatic carboxylic acids is 1. The van der Waals surface area contributed by atoms with Crippen molar-refractivity contribution in [3.05, 3.63) is 0 Å². The fourth-order valence-corrected chi connectivity index (χ4v) is 2.45. The highest BCUT2D eigenvalue weighted by molar-refractivity contribution is 5.83. The molecular formula is C12H22N2O4. The molecule has 0 saturated carbocycles. The van der Waals surface area contributed by atoms with E-state index in [2.05, 4.69) is 0 Å². The molecule has 0 spiro atoms. The zero-order chi connectivity index (χ0) is 13.9. The number of carbonyl (C=O) groups excluding carboxylic acids is 1. The number of hydrogen-bond acceptors (Lipinski definition) is 3. The van der Waals surface area contributed by atoms with Crippen LogP contribution in [-0.2, 0) is 4.79 Å². The topological polar surface area (TPSA) is 81.1 Å². The number of amides is 2. The van der Waals surface area contributed by atoms with Gasteiger partial charge in [0.1, 0.15) is 6.04 Å². The van der Waals surface area contributed by atoms with E-state index in [1.165, 1.54) is 4.90 Å². The zero-order valence-electron chi connectivity index (χ0n) is 11.2. The van der Waals surface area contributed by atoms with Crippen LogP contribution >= 0.6 is 0 Å². The summed E-state index contributed by atoms with van der Waals surface area (Å²) in [5.74, 6) is -1.06. The maximum atomic E-state index is 12.2. The number of hydrogen-bond donors (Lipinski definition) is 2. The molecular weight excluding hydrogens is 236 g/mol. The standard InChI is InChI=1S/C12H22N2O4/c1-4-8(5-2)13(3)12(18)14-7-9(15)6-10(14)11(16)17/h8-10,15H,4-7H2,1-3H3,(H,16,17)/t9?,10-/m0/s1. The van der Waals surface area contributed by atoms with Gasteiger partial charge in [0.05, 0.1) is 6.10 Å². The van der Waals surface area contributed by atoms with E-state index in [-0.39, 0.29) is 25.0 Å². The van der Waals surface area contributed by atoms with Gasteiger partial charge in [-0.2, -0.15) is 0 Å². The average Bonchev–Trinajstić information content (AvgIpc) is 2.72. The molecule has 6 nitrogen and oxygen atoms in total. The molecule has 1 saturated heterocycles. The molecule has 1 heterocycles. The molecule has 0 radical (unpaired) electrons. The molecule has 1 fully saturated rings. The second-order valence-corrected chi connectivity index (χ2v) is 4.76. The van der Waals surface area contributed by atoms with Gasteiger partial charge in [-0.25, -0.2) is 9.59 Å². The first-order chi connectivity index (χ1) is 8.42. The Hall–Kier alpha value is -1.30. The molecule has 0 aliphatic carbocycles. The van der Waals surface area contributed by atoms with E-state index in [4.69, 9.17) is 5.11 Å². The Balaban J connectivity index is 2.78. The molecule has 0 aromatic carbocycles. The number of aliphatic hydroxyl groups is 1. The Morgan fingerprint density at radius 1 is 1.39 bits per heavy atom. The predicted octanol–water partition coefficient (Wildman–Crippen LogP) is 0.747. The van der Waals surface area contributed by atoms with Gasteiger partial charge in [0.25, 0.3) is 0 Å². The largest absolute Gasteiger partial charge is 0.480 e. The van der Waals surface area contributed by atoms with Crippen LogP contribution in [0.1, 0.15) is 33.1 Å². The van der Waals surface area contributed by atoms with Gasteiger partial charge in [-0.05, 0) is 12.8 Å². The summed E-state index contributed by atoms with van der Waals surface area (Å²) in [6.07, 6.45) is 1.02. The van der Waals surface area contributed by atoms with Gasteiger partial charge >= 0.3 is 12.0 Å². The fourth-order valence-electron chi connectivity index (χ4n) is 2.45. The second-order valence-electron chi connectivity index (χ2n) is 4.76. The summed E-state index contributed by atoms with van der Waals surface area (Å²) in [5.41, 5.74) is 0. The van der Waals surface area contributed by atoms with Crippen LogP contribution in [0.2, 0.25) is 0 Å². The molecule has 1 aliphatic rings. The van der Waals surface area contributed by atoms with Crippen LogP contribution in [0.4, 0.5) is 4.79 Å². The number of aliphatic hydroxyl groups excluding tert-OH is 1. The highest BCUT2D eigenvalue weighted by atomic mass is 16.4. The summed E-state index contributed by atoms with van der Waals surface area (Å²) >= 11 is 0. The maximum Gasteiger partial charge on any atom is 0.326 e. The summed E-state index contributed by atoms with van der Waals surface area (Å²) in [6.45, 7) is 4.08. The summed E-state index contributed by atoms with van der Waals surface area (Å²) in [4.78, 5) is 26.1. The Morgan fingerprint density at radius 3 is 2.39 bits per heavy atom. The third-order valence-corrected chi connectivity index (χ3v) is 3.60. The van der Waals surface area contributed by atoms with Crippen LogP contribution in [0.5, 0.6) is 0 Å². The van der Waals surface area contributed by atoms with Gasteiger partial charge in [-0.15, -0.1) is 0 Å². The minimum Gasteiger partial charge on any atom is -0.480 e. The van der Waals surface area contributed by atoms with Crippen LogP contribution in [0.25, 0.3) is 0 Å². The molecule has 18 heavy (non-hydrogen) atoms. The van der Waals surface area contributed by atoms with E-state index in [0.717, 1.165) is 12.8 Å². The number of carboxylic acids is 1. The Kier molecular flexibility index (Phi) is 4.95. The third kappa shape index (κ3) is 2.93. The van der Waals surface area contributed by atoms with Crippen molar-refractivity contribution in [1.29, 1.82) is 0 Å². The van der Waals surface area contributed by atoms with Gasteiger partial charge in [0.2, 0.25) is 0 Å². The van der Waals surface area contributed by atoms with Crippen molar-refractivity contribution < 1.29 is 19.8 Å². The van der Waals surface area contributed by atoms with Crippen molar-refractivity contribution in [3.63, 3.8) is 0 Å². The van der Waals surface area contributed by atoms with Crippen molar-refractivity contribution in [2.24, 2.45) is 0 Å². The van der Waals surface area contributed by atoms with E-state index in [1.807, 2.05) is 13.8 Å². The number of likely N-dealkylation sites (tertiary alicyclic amines) is 1. The summed E-state index contributed by atoms with van der Waals surface area (Å²) < 4.78 is 0. The van der Waals surface area contributed by atoms with Crippen LogP contribution in [0, 0.1) is 0 Å². The molecule has 1 rings (SSSR count). The van der Waals surface area contributed by atoms with Gasteiger partial charge in [0.15, 0.2) is 0 Å². The molecule has 2 N–H and O–H groups in total. The van der Waals surface area contributed by atoms with E-state index in [9.17, 15) is 14.7 Å². The molecule has 1 aliphatic heterocycles. The minimum absolute atomic E-state index is 0.0975. The number of rotatable bonds is 4. The first kappa shape index (κ1) is 14.8. The van der Waals surface area contributed by atoms with E-state index in [0.29, 0.717) is 0 Å². The lowest BCUT2D eigenvalue weighted by molar-refractivity contribution is -0.141. The van der Waals surface area contributed by atoms with Crippen molar-refractivity contribution in [2.45, 2.75) is 51.3 Å². The number of nitrogens with zero attached hydrogens (tertiary/aromatic N) is 2. The van der Waals surface area contributed by atoms with Gasteiger partial charge in [0, 0.05) is 26.1 Å². The van der Waals surface area contributed by atoms with E-state index in [1.54, 1.807) is 11.9 Å². The summed E-state index contributed by atoms with van der Waals surface area (Å²) in [7, 11) is 1.68. The third-order valence-electron chi connectivity index (χ3n) is 3.60. The molecule has 2 atom stereocenters. The van der Waals surface area contributed by atoms with E-state index >= 15 is 0 Å². The summed E-state index contributed by atoms with van der Waals surface area (Å²) in [6, 6.07) is -1.12. The Labute approximate surface area is 107 Å². The molecule has 0 aromatic rings. The maximum absolute atomic E-state index is 12.2. The van der Waals surface area contributed by atoms with E-state index < -0.39 is 18.1 Å². The predicted molar refractivity (Wildman–Crippen MR) is 66.3 cm³/mol. The highest BCUT2D eigenvalue weighted by Crippen LogP contribution is 2.21. The van der Waals surface area contributed by atoms with Crippen LogP contribution < -0.4 is 0 Å². The van der Waals surface area contributed by atoms with Crippen LogP contribution in [0.3, 0.4) is 0 Å². The van der Waals surface area contributed by atoms with Crippen LogP contribution in [-0.4, -0.2) is 63.8 Å². The second kappa shape index (κ2) is 6.04. The highest BCUT2D eigenvalue weighted by Gasteiger charge is 2.40. The normalized spacial score (nSPS) is 23.5.